The van der Waals surface area contributed by atoms with Crippen LogP contribution in [-0.4, -0.2) is 27.0 Å². The number of rotatable bonds is 4. The van der Waals surface area contributed by atoms with Crippen molar-refractivity contribution < 1.29 is 0 Å². The van der Waals surface area contributed by atoms with Crippen molar-refractivity contribution in [1.29, 1.82) is 0 Å². The van der Waals surface area contributed by atoms with Crippen molar-refractivity contribution >= 4 is 41.6 Å². The second-order valence-corrected chi connectivity index (χ2v) is 6.01. The summed E-state index contributed by atoms with van der Waals surface area (Å²) in [4.78, 5) is 16.8. The van der Waals surface area contributed by atoms with Crippen LogP contribution in [0.4, 0.5) is 0 Å². The predicted molar refractivity (Wildman–Crippen MR) is 97.5 cm³/mol. The highest BCUT2D eigenvalue weighted by Crippen LogP contribution is 2.19. The number of imidazole rings is 2. The summed E-state index contributed by atoms with van der Waals surface area (Å²) >= 11 is 0. The Hall–Kier alpha value is -1.30. The molecule has 0 unspecified atom stereocenters. The van der Waals surface area contributed by atoms with Gasteiger partial charge in [-0.2, -0.15) is 0 Å². The molecule has 1 aliphatic heterocycles. The van der Waals surface area contributed by atoms with Crippen LogP contribution in [0.15, 0.2) is 29.2 Å². The monoisotopic (exact) mass is 356 g/mol. The lowest BCUT2D eigenvalue weighted by Gasteiger charge is -2.22. The standard InChI is InChI=1S/C16H20N4O.2ClH/c21-16-13-11-18-14-4-1-5-15(20(13)14)19(16)10-2-3-12-6-8-17-9-7-12;;/h1,4-5,11-12,17H,2-3,6-10H2;2*1H. The van der Waals surface area contributed by atoms with Crippen LogP contribution in [0.3, 0.4) is 0 Å². The molecule has 1 N–H and O–H groups in total. The number of nitrogens with one attached hydrogen (secondary N) is 1. The van der Waals surface area contributed by atoms with Gasteiger partial charge < -0.3 is 5.32 Å². The minimum absolute atomic E-state index is 0. The van der Waals surface area contributed by atoms with Crippen LogP contribution in [0.1, 0.15) is 25.7 Å². The van der Waals surface area contributed by atoms with Crippen LogP contribution in [0.5, 0.6) is 0 Å². The average molecular weight is 357 g/mol. The van der Waals surface area contributed by atoms with E-state index in [0.717, 1.165) is 43.3 Å². The van der Waals surface area contributed by atoms with E-state index in [1.807, 2.05) is 27.2 Å². The Morgan fingerprint density at radius 1 is 1.22 bits per heavy atom. The molecule has 1 aliphatic rings. The largest absolute Gasteiger partial charge is 0.317 e. The van der Waals surface area contributed by atoms with E-state index in [4.69, 9.17) is 0 Å². The van der Waals surface area contributed by atoms with Gasteiger partial charge in [0.15, 0.2) is 0 Å². The maximum absolute atomic E-state index is 12.5. The summed E-state index contributed by atoms with van der Waals surface area (Å²) < 4.78 is 3.87. The van der Waals surface area contributed by atoms with E-state index in [9.17, 15) is 4.79 Å². The fraction of sp³-hybridized carbons (Fsp3) is 0.500. The lowest BCUT2D eigenvalue weighted by Crippen LogP contribution is -2.28. The maximum atomic E-state index is 12.5. The van der Waals surface area contributed by atoms with E-state index in [1.54, 1.807) is 6.20 Å². The van der Waals surface area contributed by atoms with Gasteiger partial charge >= 0.3 is 0 Å². The van der Waals surface area contributed by atoms with Gasteiger partial charge in [-0.05, 0) is 56.8 Å². The third-order valence-corrected chi connectivity index (χ3v) is 4.70. The normalized spacial score (nSPS) is 15.7. The Morgan fingerprint density at radius 3 is 2.78 bits per heavy atom. The molecule has 23 heavy (non-hydrogen) atoms. The molecule has 0 saturated carbocycles. The zero-order chi connectivity index (χ0) is 14.2. The van der Waals surface area contributed by atoms with Crippen molar-refractivity contribution in [2.24, 2.45) is 5.92 Å². The molecule has 4 heterocycles. The molecule has 0 atom stereocenters. The molecular formula is C16H22Cl2N4O. The van der Waals surface area contributed by atoms with E-state index >= 15 is 0 Å². The van der Waals surface area contributed by atoms with Gasteiger partial charge in [0.1, 0.15) is 16.8 Å². The fourth-order valence-electron chi connectivity index (χ4n) is 3.55. The minimum Gasteiger partial charge on any atom is -0.317 e. The molecule has 0 aromatic carbocycles. The van der Waals surface area contributed by atoms with Gasteiger partial charge in [0.05, 0.1) is 6.20 Å². The van der Waals surface area contributed by atoms with Gasteiger partial charge in [-0.1, -0.05) is 6.07 Å². The highest BCUT2D eigenvalue weighted by atomic mass is 35.5. The van der Waals surface area contributed by atoms with Crippen molar-refractivity contribution in [2.45, 2.75) is 32.2 Å². The van der Waals surface area contributed by atoms with Gasteiger partial charge in [0, 0.05) is 6.54 Å². The molecule has 5 nitrogen and oxygen atoms in total. The van der Waals surface area contributed by atoms with Gasteiger partial charge in [0.25, 0.3) is 5.56 Å². The Kier molecular flexibility index (Phi) is 5.89. The van der Waals surface area contributed by atoms with Crippen LogP contribution in [-0.2, 0) is 6.54 Å². The molecule has 1 fully saturated rings. The Bertz CT molecular complexity index is 807. The number of nitrogens with zero attached hydrogens (tertiary/aromatic N) is 3. The summed E-state index contributed by atoms with van der Waals surface area (Å²) in [5.41, 5.74) is 2.61. The molecule has 3 aromatic heterocycles. The lowest BCUT2D eigenvalue weighted by atomic mass is 9.93. The zero-order valence-corrected chi connectivity index (χ0v) is 14.5. The van der Waals surface area contributed by atoms with Crippen LogP contribution in [0.2, 0.25) is 0 Å². The van der Waals surface area contributed by atoms with Gasteiger partial charge in [-0.15, -0.1) is 24.8 Å². The lowest BCUT2D eigenvalue weighted by molar-refractivity contribution is 0.340. The first-order valence-corrected chi connectivity index (χ1v) is 7.83. The summed E-state index contributed by atoms with van der Waals surface area (Å²) in [5, 5.41) is 3.40. The Morgan fingerprint density at radius 2 is 2.00 bits per heavy atom. The molecule has 0 aliphatic carbocycles. The zero-order valence-electron chi connectivity index (χ0n) is 12.9. The van der Waals surface area contributed by atoms with E-state index in [2.05, 4.69) is 10.3 Å². The van der Waals surface area contributed by atoms with E-state index in [0.29, 0.717) is 5.52 Å². The molecule has 0 bridgehead atoms. The first kappa shape index (κ1) is 18.0. The summed E-state index contributed by atoms with van der Waals surface area (Å²) in [5.74, 6) is 0.820. The number of aryl methyl sites for hydroxylation is 1. The minimum atomic E-state index is 0. The van der Waals surface area contributed by atoms with Crippen molar-refractivity contribution in [2.75, 3.05) is 13.1 Å². The SMILES string of the molecule is Cl.Cl.O=c1c2cnc3cccc(n1CCCC1CCNCC1)n32. The molecule has 126 valence electrons. The molecule has 7 heteroatoms. The van der Waals surface area contributed by atoms with Crippen LogP contribution in [0, 0.1) is 5.92 Å². The van der Waals surface area contributed by atoms with Crippen LogP contribution in [0.25, 0.3) is 16.8 Å². The first-order chi connectivity index (χ1) is 10.3. The maximum Gasteiger partial charge on any atom is 0.278 e. The number of hydrogen-bond donors (Lipinski definition) is 1. The molecule has 0 spiro atoms. The quantitative estimate of drug-likeness (QED) is 0.781. The number of hydrogen-bond acceptors (Lipinski definition) is 3. The number of pyridine rings is 1. The highest BCUT2D eigenvalue weighted by molar-refractivity contribution is 5.85. The third kappa shape index (κ3) is 3.18. The van der Waals surface area contributed by atoms with Crippen LogP contribution >= 0.6 is 24.8 Å². The summed E-state index contributed by atoms with van der Waals surface area (Å²) in [6.07, 6.45) is 6.52. The van der Waals surface area contributed by atoms with E-state index in [1.165, 1.54) is 19.3 Å². The first-order valence-electron chi connectivity index (χ1n) is 7.83. The summed E-state index contributed by atoms with van der Waals surface area (Å²) in [6.45, 7) is 3.09. The molecule has 1 saturated heterocycles. The fourth-order valence-corrected chi connectivity index (χ4v) is 3.55. The second-order valence-electron chi connectivity index (χ2n) is 6.01. The van der Waals surface area contributed by atoms with E-state index < -0.39 is 0 Å². The highest BCUT2D eigenvalue weighted by Gasteiger charge is 2.16. The summed E-state index contributed by atoms with van der Waals surface area (Å²) in [6, 6.07) is 5.92. The van der Waals surface area contributed by atoms with Crippen molar-refractivity contribution in [3.8, 4) is 0 Å². The number of aromatic nitrogens is 3. The molecule has 4 rings (SSSR count). The van der Waals surface area contributed by atoms with Crippen molar-refractivity contribution in [3.05, 3.63) is 34.7 Å². The van der Waals surface area contributed by atoms with E-state index in [-0.39, 0.29) is 30.4 Å². The average Bonchev–Trinajstić information content (AvgIpc) is 3.07. The summed E-state index contributed by atoms with van der Waals surface area (Å²) in [7, 11) is 0. The number of piperidine rings is 1. The molecule has 0 radical (unpaired) electrons. The van der Waals surface area contributed by atoms with Gasteiger partial charge in [-0.25, -0.2) is 4.98 Å². The van der Waals surface area contributed by atoms with Crippen molar-refractivity contribution in [3.63, 3.8) is 0 Å². The van der Waals surface area contributed by atoms with Gasteiger partial charge in [-0.3, -0.25) is 13.8 Å². The molecule has 3 aromatic rings. The Labute approximate surface area is 147 Å². The van der Waals surface area contributed by atoms with Crippen molar-refractivity contribution in [1.82, 2.24) is 19.3 Å². The number of halogens is 2. The van der Waals surface area contributed by atoms with Crippen LogP contribution < -0.4 is 10.9 Å². The Balaban J connectivity index is 0.000000960. The molecule has 0 amide bonds. The smallest absolute Gasteiger partial charge is 0.278 e. The third-order valence-electron chi connectivity index (χ3n) is 4.70. The van der Waals surface area contributed by atoms with Gasteiger partial charge in [0.2, 0.25) is 0 Å². The predicted octanol–water partition coefficient (Wildman–Crippen LogP) is 2.71. The second kappa shape index (κ2) is 7.51. The topological polar surface area (TPSA) is 51.3 Å². The molecular weight excluding hydrogens is 335 g/mol.